The fourth-order valence-corrected chi connectivity index (χ4v) is 4.66. The maximum Gasteiger partial charge on any atom is 0.336 e. The van der Waals surface area contributed by atoms with Gasteiger partial charge in [0.2, 0.25) is 5.91 Å². The SMILES string of the molecule is O=C(Nc1ccccc1)C1CC[NH+](Cc2cc(=O)oc3ccc4ccccc4c23)CC1. The van der Waals surface area contributed by atoms with Crippen LogP contribution < -0.4 is 15.8 Å². The van der Waals surface area contributed by atoms with Crippen molar-refractivity contribution >= 4 is 33.3 Å². The molecule has 2 N–H and O–H groups in total. The topological polar surface area (TPSA) is 63.8 Å². The van der Waals surface area contributed by atoms with Crippen LogP contribution in [-0.4, -0.2) is 19.0 Å². The van der Waals surface area contributed by atoms with E-state index in [4.69, 9.17) is 4.42 Å². The fraction of sp³-hybridized carbons (Fsp3) is 0.231. The number of likely N-dealkylation sites (tertiary alicyclic amines) is 1. The highest BCUT2D eigenvalue weighted by Gasteiger charge is 2.28. The third-order valence-corrected chi connectivity index (χ3v) is 6.26. The highest BCUT2D eigenvalue weighted by Crippen LogP contribution is 2.27. The van der Waals surface area contributed by atoms with Crippen LogP contribution in [0.15, 0.2) is 82.0 Å². The van der Waals surface area contributed by atoms with Gasteiger partial charge in [-0.3, -0.25) is 4.79 Å². The summed E-state index contributed by atoms with van der Waals surface area (Å²) in [5, 5.41) is 6.29. The van der Waals surface area contributed by atoms with E-state index in [-0.39, 0.29) is 17.5 Å². The second-order valence-electron chi connectivity index (χ2n) is 8.31. The Labute approximate surface area is 180 Å². The van der Waals surface area contributed by atoms with Crippen LogP contribution in [0.5, 0.6) is 0 Å². The smallest absolute Gasteiger partial charge is 0.336 e. The minimum Gasteiger partial charge on any atom is -0.423 e. The first-order valence-electron chi connectivity index (χ1n) is 10.8. The quantitative estimate of drug-likeness (QED) is 0.398. The highest BCUT2D eigenvalue weighted by molar-refractivity contribution is 6.07. The van der Waals surface area contributed by atoms with Crippen LogP contribution in [0.3, 0.4) is 0 Å². The van der Waals surface area contributed by atoms with E-state index in [1.807, 2.05) is 54.6 Å². The van der Waals surface area contributed by atoms with E-state index in [0.29, 0.717) is 5.58 Å². The molecule has 31 heavy (non-hydrogen) atoms. The summed E-state index contributed by atoms with van der Waals surface area (Å²) in [6.45, 7) is 2.56. The molecule has 3 aromatic carbocycles. The molecule has 4 aromatic rings. The lowest BCUT2D eigenvalue weighted by Gasteiger charge is -2.29. The van der Waals surface area contributed by atoms with Gasteiger partial charge >= 0.3 is 5.63 Å². The number of nitrogens with one attached hydrogen (secondary N) is 2. The van der Waals surface area contributed by atoms with Crippen molar-refractivity contribution in [2.45, 2.75) is 19.4 Å². The number of fused-ring (bicyclic) bond motifs is 3. The van der Waals surface area contributed by atoms with Crippen molar-refractivity contribution in [2.24, 2.45) is 5.92 Å². The molecule has 0 atom stereocenters. The maximum absolute atomic E-state index is 12.6. The molecule has 156 valence electrons. The van der Waals surface area contributed by atoms with Crippen molar-refractivity contribution in [1.82, 2.24) is 0 Å². The molecule has 5 rings (SSSR count). The van der Waals surface area contributed by atoms with Gasteiger partial charge in [0.25, 0.3) is 0 Å². The van der Waals surface area contributed by atoms with Gasteiger partial charge in [0.15, 0.2) is 0 Å². The van der Waals surface area contributed by atoms with Gasteiger partial charge in [-0.15, -0.1) is 0 Å². The molecule has 5 heteroatoms. The Morgan fingerprint density at radius 2 is 1.71 bits per heavy atom. The summed E-state index contributed by atoms with van der Waals surface area (Å²) in [4.78, 5) is 26.2. The number of piperidine rings is 1. The molecular formula is C26H25N2O3+. The van der Waals surface area contributed by atoms with E-state index in [1.54, 1.807) is 6.07 Å². The first kappa shape index (κ1) is 19.5. The lowest BCUT2D eigenvalue weighted by Crippen LogP contribution is -3.11. The normalized spacial score (nSPS) is 18.8. The molecule has 1 fully saturated rings. The van der Waals surface area contributed by atoms with Crippen molar-refractivity contribution in [3.63, 3.8) is 0 Å². The number of amides is 1. The molecule has 0 spiro atoms. The van der Waals surface area contributed by atoms with Gasteiger partial charge in [-0.1, -0.05) is 48.5 Å². The van der Waals surface area contributed by atoms with Crippen LogP contribution in [0.4, 0.5) is 5.69 Å². The number of hydrogen-bond acceptors (Lipinski definition) is 3. The Balaban J connectivity index is 1.33. The van der Waals surface area contributed by atoms with Crippen LogP contribution >= 0.6 is 0 Å². The molecule has 2 heterocycles. The molecule has 0 unspecified atom stereocenters. The van der Waals surface area contributed by atoms with Crippen LogP contribution in [0.25, 0.3) is 21.7 Å². The summed E-state index contributed by atoms with van der Waals surface area (Å²) in [6.07, 6.45) is 1.68. The summed E-state index contributed by atoms with van der Waals surface area (Å²) >= 11 is 0. The molecule has 5 nitrogen and oxygen atoms in total. The molecule has 1 aliphatic heterocycles. The van der Waals surface area contributed by atoms with Crippen LogP contribution in [0.1, 0.15) is 18.4 Å². The lowest BCUT2D eigenvalue weighted by molar-refractivity contribution is -0.919. The Bertz CT molecular complexity index is 1290. The molecule has 1 amide bonds. The Morgan fingerprint density at radius 1 is 0.968 bits per heavy atom. The fourth-order valence-electron chi connectivity index (χ4n) is 4.66. The first-order valence-corrected chi connectivity index (χ1v) is 10.8. The monoisotopic (exact) mass is 413 g/mol. The lowest BCUT2D eigenvalue weighted by atomic mass is 9.95. The molecule has 0 bridgehead atoms. The van der Waals surface area contributed by atoms with Gasteiger partial charge in [-0.05, 0) is 29.0 Å². The van der Waals surface area contributed by atoms with E-state index in [2.05, 4.69) is 17.4 Å². The number of quaternary nitrogens is 1. The van der Waals surface area contributed by atoms with Gasteiger partial charge < -0.3 is 14.6 Å². The average Bonchev–Trinajstić information content (AvgIpc) is 2.79. The molecular weight excluding hydrogens is 388 g/mol. The summed E-state index contributed by atoms with van der Waals surface area (Å²) in [7, 11) is 0. The zero-order valence-electron chi connectivity index (χ0n) is 17.3. The van der Waals surface area contributed by atoms with Crippen LogP contribution in [-0.2, 0) is 11.3 Å². The third kappa shape index (κ3) is 4.09. The second kappa shape index (κ2) is 8.36. The number of para-hydroxylation sites is 1. The molecule has 0 radical (unpaired) electrons. The van der Waals surface area contributed by atoms with E-state index in [9.17, 15) is 9.59 Å². The molecule has 1 aromatic heterocycles. The van der Waals surface area contributed by atoms with Crippen molar-refractivity contribution < 1.29 is 14.1 Å². The zero-order chi connectivity index (χ0) is 21.2. The second-order valence-corrected chi connectivity index (χ2v) is 8.31. The van der Waals surface area contributed by atoms with Gasteiger partial charge in [-0.25, -0.2) is 4.79 Å². The van der Waals surface area contributed by atoms with E-state index < -0.39 is 0 Å². The predicted octanol–water partition coefficient (Wildman–Crippen LogP) is 3.38. The largest absolute Gasteiger partial charge is 0.423 e. The van der Waals surface area contributed by atoms with Crippen LogP contribution in [0.2, 0.25) is 0 Å². The first-order chi connectivity index (χ1) is 15.2. The standard InChI is InChI=1S/C26H24N2O3/c29-24-16-20(25-22-9-5-4-6-18(22)10-11-23(25)31-24)17-28-14-12-19(13-15-28)26(30)27-21-7-2-1-3-8-21/h1-11,16,19H,12-15,17H2,(H,27,30)/p+1. The predicted molar refractivity (Wildman–Crippen MR) is 122 cm³/mol. The molecule has 1 aliphatic rings. The zero-order valence-corrected chi connectivity index (χ0v) is 17.3. The van der Waals surface area contributed by atoms with Gasteiger partial charge in [0.1, 0.15) is 12.1 Å². The molecule has 0 aliphatic carbocycles. The number of benzene rings is 3. The van der Waals surface area contributed by atoms with E-state index >= 15 is 0 Å². The van der Waals surface area contributed by atoms with Crippen LogP contribution in [0, 0.1) is 5.92 Å². The molecule has 1 saturated heterocycles. The van der Waals surface area contributed by atoms with E-state index in [1.165, 1.54) is 4.90 Å². The van der Waals surface area contributed by atoms with Gasteiger partial charge in [0, 0.05) is 41.5 Å². The van der Waals surface area contributed by atoms with Crippen molar-refractivity contribution in [3.05, 3.63) is 88.8 Å². The number of rotatable bonds is 4. The summed E-state index contributed by atoms with van der Waals surface area (Å²) in [5.74, 6) is 0.129. The van der Waals surface area contributed by atoms with E-state index in [0.717, 1.165) is 59.9 Å². The van der Waals surface area contributed by atoms with Crippen molar-refractivity contribution in [2.75, 3.05) is 18.4 Å². The van der Waals surface area contributed by atoms with Gasteiger partial charge in [0.05, 0.1) is 13.1 Å². The summed E-state index contributed by atoms with van der Waals surface area (Å²) in [6, 6.07) is 23.3. The highest BCUT2D eigenvalue weighted by atomic mass is 16.4. The number of carbonyl (C=O) groups excluding carboxylic acids is 1. The molecule has 0 saturated carbocycles. The Morgan fingerprint density at radius 3 is 2.52 bits per heavy atom. The Hall–Kier alpha value is -3.44. The van der Waals surface area contributed by atoms with Gasteiger partial charge in [-0.2, -0.15) is 0 Å². The summed E-state index contributed by atoms with van der Waals surface area (Å²) < 4.78 is 5.49. The number of anilines is 1. The average molecular weight is 413 g/mol. The Kier molecular flexibility index (Phi) is 5.26. The summed E-state index contributed by atoms with van der Waals surface area (Å²) in [5.41, 5.74) is 2.19. The number of carbonyl (C=O) groups is 1. The minimum atomic E-state index is -0.311. The van der Waals surface area contributed by atoms with Crippen molar-refractivity contribution in [1.29, 1.82) is 0 Å². The third-order valence-electron chi connectivity index (χ3n) is 6.26. The maximum atomic E-state index is 12.6. The minimum absolute atomic E-state index is 0.0300. The van der Waals surface area contributed by atoms with Crippen molar-refractivity contribution in [3.8, 4) is 0 Å². The number of hydrogen-bond donors (Lipinski definition) is 2.